The van der Waals surface area contributed by atoms with Crippen LogP contribution in [0, 0.1) is 5.41 Å². The van der Waals surface area contributed by atoms with E-state index < -0.39 is 11.0 Å². The smallest absolute Gasteiger partial charge is 0.235 e. The van der Waals surface area contributed by atoms with Crippen LogP contribution in [0.25, 0.3) is 0 Å². The number of rotatable bonds is 6. The minimum absolute atomic E-state index is 0.00803. The Labute approximate surface area is 127 Å². The highest BCUT2D eigenvalue weighted by molar-refractivity contribution is 7.80. The van der Waals surface area contributed by atoms with Crippen molar-refractivity contribution in [2.24, 2.45) is 11.1 Å². The molecule has 1 rings (SSSR count). The van der Waals surface area contributed by atoms with Gasteiger partial charge in [0.1, 0.15) is 0 Å². The van der Waals surface area contributed by atoms with Crippen molar-refractivity contribution in [1.82, 2.24) is 4.90 Å². The lowest BCUT2D eigenvalue weighted by Crippen LogP contribution is -2.56. The summed E-state index contributed by atoms with van der Waals surface area (Å²) in [5.41, 5.74) is 4.41. The highest BCUT2D eigenvalue weighted by Gasteiger charge is 2.44. The van der Waals surface area contributed by atoms with Gasteiger partial charge in [-0.25, -0.2) is 0 Å². The fourth-order valence-electron chi connectivity index (χ4n) is 3.24. The van der Waals surface area contributed by atoms with E-state index >= 15 is 0 Å². The number of carbonyl (C=O) groups is 1. The van der Waals surface area contributed by atoms with Gasteiger partial charge in [0.2, 0.25) is 5.91 Å². The Balaban J connectivity index is 3.00. The molecule has 20 heavy (non-hydrogen) atoms. The molecule has 0 saturated carbocycles. The van der Waals surface area contributed by atoms with E-state index in [0.717, 1.165) is 25.7 Å². The van der Waals surface area contributed by atoms with Gasteiger partial charge >= 0.3 is 0 Å². The van der Waals surface area contributed by atoms with Crippen LogP contribution in [-0.2, 0) is 4.79 Å². The molecule has 1 atom stereocenters. The summed E-state index contributed by atoms with van der Waals surface area (Å²) in [6.07, 6.45) is 4.67. The molecule has 116 valence electrons. The molecule has 4 nitrogen and oxygen atoms in total. The van der Waals surface area contributed by atoms with Crippen molar-refractivity contribution < 1.29 is 9.90 Å². The van der Waals surface area contributed by atoms with E-state index in [0.29, 0.717) is 30.9 Å². The van der Waals surface area contributed by atoms with Gasteiger partial charge < -0.3 is 15.7 Å². The first kappa shape index (κ1) is 17.4. The van der Waals surface area contributed by atoms with E-state index in [9.17, 15) is 9.90 Å². The number of nitrogens with zero attached hydrogens (tertiary/aromatic N) is 1. The summed E-state index contributed by atoms with van der Waals surface area (Å²) < 4.78 is 0. The number of nitrogens with two attached hydrogens (primary N) is 1. The van der Waals surface area contributed by atoms with Crippen LogP contribution in [0.15, 0.2) is 0 Å². The van der Waals surface area contributed by atoms with Crippen LogP contribution in [0.1, 0.15) is 59.3 Å². The number of thiocarbonyl (C=S) groups is 1. The molecule has 1 saturated heterocycles. The number of likely N-dealkylation sites (tertiary alicyclic amines) is 1. The lowest BCUT2D eigenvalue weighted by atomic mass is 9.77. The highest BCUT2D eigenvalue weighted by atomic mass is 32.1. The average molecular weight is 300 g/mol. The molecular weight excluding hydrogens is 272 g/mol. The van der Waals surface area contributed by atoms with Gasteiger partial charge in [0, 0.05) is 13.1 Å². The molecule has 1 fully saturated rings. The highest BCUT2D eigenvalue weighted by Crippen LogP contribution is 2.35. The van der Waals surface area contributed by atoms with E-state index in [1.807, 2.05) is 13.8 Å². The van der Waals surface area contributed by atoms with Crippen LogP contribution >= 0.6 is 12.2 Å². The SMILES string of the molecule is CCCC(CCC)(C(=O)N1CCCC(C)(O)C1)C(N)=S. The molecule has 0 bridgehead atoms. The van der Waals surface area contributed by atoms with Crippen LogP contribution in [0.2, 0.25) is 0 Å². The largest absolute Gasteiger partial charge is 0.392 e. The number of hydrogen-bond acceptors (Lipinski definition) is 3. The maximum absolute atomic E-state index is 13.0. The zero-order valence-electron chi connectivity index (χ0n) is 12.9. The van der Waals surface area contributed by atoms with Crippen molar-refractivity contribution in [3.05, 3.63) is 0 Å². The predicted octanol–water partition coefficient (Wildman–Crippen LogP) is 2.23. The lowest BCUT2D eigenvalue weighted by Gasteiger charge is -2.42. The number of β-amino-alcohol motifs (C(OH)–C–C–N with tert-alkyl or cyclic N) is 1. The molecule has 1 aliphatic rings. The normalized spacial score (nSPS) is 23.7. The summed E-state index contributed by atoms with van der Waals surface area (Å²) in [6, 6.07) is 0. The number of piperidine rings is 1. The second kappa shape index (κ2) is 6.85. The van der Waals surface area contributed by atoms with Crippen molar-refractivity contribution in [1.29, 1.82) is 0 Å². The second-order valence-corrected chi connectivity index (χ2v) is 6.71. The Morgan fingerprint density at radius 3 is 2.35 bits per heavy atom. The first-order valence-corrected chi connectivity index (χ1v) is 8.01. The van der Waals surface area contributed by atoms with Crippen molar-refractivity contribution >= 4 is 23.1 Å². The number of carbonyl (C=O) groups excluding carboxylic acids is 1. The third kappa shape index (κ3) is 3.70. The van der Waals surface area contributed by atoms with Crippen LogP contribution in [0.5, 0.6) is 0 Å². The van der Waals surface area contributed by atoms with E-state index in [1.54, 1.807) is 11.8 Å². The Bertz CT molecular complexity index is 363. The summed E-state index contributed by atoms with van der Waals surface area (Å²) in [5.74, 6) is 0.00803. The molecule has 0 aliphatic carbocycles. The van der Waals surface area contributed by atoms with Gasteiger partial charge in [0.25, 0.3) is 0 Å². The minimum Gasteiger partial charge on any atom is -0.392 e. The first-order valence-electron chi connectivity index (χ1n) is 7.61. The summed E-state index contributed by atoms with van der Waals surface area (Å²) in [5, 5.41) is 10.2. The molecule has 0 aromatic heterocycles. The maximum Gasteiger partial charge on any atom is 0.235 e. The Morgan fingerprint density at radius 2 is 1.95 bits per heavy atom. The second-order valence-electron chi connectivity index (χ2n) is 6.27. The molecule has 5 heteroatoms. The lowest BCUT2D eigenvalue weighted by molar-refractivity contribution is -0.145. The fourth-order valence-corrected chi connectivity index (χ4v) is 3.53. The van der Waals surface area contributed by atoms with Gasteiger partial charge in [0.15, 0.2) is 0 Å². The zero-order chi connectivity index (χ0) is 15.4. The standard InChI is InChI=1S/C15H28N2O2S/c1-4-7-15(8-5-2,12(16)20)13(18)17-10-6-9-14(3,19)11-17/h19H,4-11H2,1-3H3,(H2,16,20). The molecule has 1 unspecified atom stereocenters. The molecule has 1 aliphatic heterocycles. The monoisotopic (exact) mass is 300 g/mol. The molecule has 0 aromatic carbocycles. The van der Waals surface area contributed by atoms with Gasteiger partial charge in [-0.1, -0.05) is 38.9 Å². The molecule has 3 N–H and O–H groups in total. The molecular formula is C15H28N2O2S. The molecule has 0 spiro atoms. The van der Waals surface area contributed by atoms with E-state index in [1.165, 1.54) is 0 Å². The molecule has 0 radical (unpaired) electrons. The molecule has 1 heterocycles. The van der Waals surface area contributed by atoms with Crippen LogP contribution in [0.4, 0.5) is 0 Å². The van der Waals surface area contributed by atoms with Gasteiger partial charge in [-0.15, -0.1) is 0 Å². The zero-order valence-corrected chi connectivity index (χ0v) is 13.8. The topological polar surface area (TPSA) is 66.6 Å². The summed E-state index contributed by atoms with van der Waals surface area (Å²) in [7, 11) is 0. The number of amides is 1. The van der Waals surface area contributed by atoms with E-state index in [2.05, 4.69) is 0 Å². The summed E-state index contributed by atoms with van der Waals surface area (Å²) in [4.78, 5) is 15.0. The molecule has 0 aromatic rings. The summed E-state index contributed by atoms with van der Waals surface area (Å²) in [6.45, 7) is 6.94. The van der Waals surface area contributed by atoms with Gasteiger partial charge in [-0.3, -0.25) is 4.79 Å². The summed E-state index contributed by atoms with van der Waals surface area (Å²) >= 11 is 5.23. The van der Waals surface area contributed by atoms with Crippen molar-refractivity contribution in [3.63, 3.8) is 0 Å². The maximum atomic E-state index is 13.0. The Hall–Kier alpha value is -0.680. The number of aliphatic hydroxyl groups is 1. The van der Waals surface area contributed by atoms with Crippen molar-refractivity contribution in [2.45, 2.75) is 64.9 Å². The van der Waals surface area contributed by atoms with Gasteiger partial charge in [0.05, 0.1) is 16.0 Å². The predicted molar refractivity (Wildman–Crippen MR) is 85.5 cm³/mol. The quantitative estimate of drug-likeness (QED) is 0.738. The fraction of sp³-hybridized carbons (Fsp3) is 0.867. The first-order chi connectivity index (χ1) is 9.29. The average Bonchev–Trinajstić information content (AvgIpc) is 2.36. The van der Waals surface area contributed by atoms with E-state index in [4.69, 9.17) is 18.0 Å². The third-order valence-electron chi connectivity index (χ3n) is 4.20. The van der Waals surface area contributed by atoms with Crippen molar-refractivity contribution in [3.8, 4) is 0 Å². The third-order valence-corrected chi connectivity index (χ3v) is 4.59. The van der Waals surface area contributed by atoms with Crippen LogP contribution in [0.3, 0.4) is 0 Å². The van der Waals surface area contributed by atoms with Gasteiger partial charge in [-0.05, 0) is 32.6 Å². The van der Waals surface area contributed by atoms with Crippen LogP contribution in [-0.4, -0.2) is 39.6 Å². The van der Waals surface area contributed by atoms with E-state index in [-0.39, 0.29) is 5.91 Å². The number of hydrogen-bond donors (Lipinski definition) is 2. The Morgan fingerprint density at radius 1 is 1.40 bits per heavy atom. The minimum atomic E-state index is -0.797. The Kier molecular flexibility index (Phi) is 5.95. The van der Waals surface area contributed by atoms with Gasteiger partial charge in [-0.2, -0.15) is 0 Å². The molecule has 1 amide bonds. The van der Waals surface area contributed by atoms with Crippen molar-refractivity contribution in [2.75, 3.05) is 13.1 Å². The van der Waals surface area contributed by atoms with Crippen LogP contribution < -0.4 is 5.73 Å².